The number of nitrogens with zero attached hydrogens (tertiary/aromatic N) is 3. The van der Waals surface area contributed by atoms with E-state index in [1.54, 1.807) is 0 Å². The van der Waals surface area contributed by atoms with Gasteiger partial charge in [-0.2, -0.15) is 4.31 Å². The molecule has 0 bridgehead atoms. The van der Waals surface area contributed by atoms with Crippen LogP contribution in [0, 0.1) is 0 Å². The van der Waals surface area contributed by atoms with Crippen molar-refractivity contribution in [2.75, 3.05) is 44.3 Å². The van der Waals surface area contributed by atoms with E-state index in [2.05, 4.69) is 26.2 Å². The first-order chi connectivity index (χ1) is 12.3. The summed E-state index contributed by atoms with van der Waals surface area (Å²) in [6.45, 7) is 2.14. The summed E-state index contributed by atoms with van der Waals surface area (Å²) in [4.78, 5) is 18.6. The standard InChI is InChI=1S/C16H19BrN4O3S2/c1-26(23,24)21-8-6-20(7-9-21)10-15(22)19-16-18-14(11-25-16)12-2-4-13(17)5-3-12/h2-5,11H,6-10H2,1H3,(H,18,19,22). The van der Waals surface area contributed by atoms with Gasteiger partial charge in [-0.15, -0.1) is 11.3 Å². The summed E-state index contributed by atoms with van der Waals surface area (Å²) in [6.07, 6.45) is 1.21. The van der Waals surface area contributed by atoms with Crippen LogP contribution in [0.4, 0.5) is 5.13 Å². The molecule has 0 unspecified atom stereocenters. The zero-order chi connectivity index (χ0) is 18.7. The van der Waals surface area contributed by atoms with E-state index in [4.69, 9.17) is 0 Å². The lowest BCUT2D eigenvalue weighted by Crippen LogP contribution is -2.50. The number of piperazine rings is 1. The number of benzene rings is 1. The fourth-order valence-corrected chi connectivity index (χ4v) is 4.49. The molecule has 0 radical (unpaired) electrons. The van der Waals surface area contributed by atoms with Gasteiger partial charge in [0.25, 0.3) is 0 Å². The topological polar surface area (TPSA) is 82.6 Å². The van der Waals surface area contributed by atoms with Gasteiger partial charge in [-0.25, -0.2) is 13.4 Å². The van der Waals surface area contributed by atoms with Crippen LogP contribution in [0.25, 0.3) is 11.3 Å². The maximum Gasteiger partial charge on any atom is 0.240 e. The Morgan fingerprint density at radius 2 is 1.88 bits per heavy atom. The maximum atomic E-state index is 12.2. The highest BCUT2D eigenvalue weighted by atomic mass is 79.9. The van der Waals surface area contributed by atoms with Crippen LogP contribution in [-0.2, 0) is 14.8 Å². The van der Waals surface area contributed by atoms with Crippen LogP contribution in [0.5, 0.6) is 0 Å². The van der Waals surface area contributed by atoms with E-state index in [0.717, 1.165) is 15.7 Å². The van der Waals surface area contributed by atoms with Crippen LogP contribution in [-0.4, -0.2) is 67.5 Å². The molecule has 10 heteroatoms. The first kappa shape index (κ1) is 19.4. The van der Waals surface area contributed by atoms with Gasteiger partial charge in [0, 0.05) is 41.6 Å². The van der Waals surface area contributed by atoms with Crippen molar-refractivity contribution in [1.82, 2.24) is 14.2 Å². The van der Waals surface area contributed by atoms with E-state index in [9.17, 15) is 13.2 Å². The second-order valence-corrected chi connectivity index (χ2v) is 9.79. The highest BCUT2D eigenvalue weighted by Crippen LogP contribution is 2.26. The van der Waals surface area contributed by atoms with E-state index >= 15 is 0 Å². The van der Waals surface area contributed by atoms with Gasteiger partial charge in [0.15, 0.2) is 5.13 Å². The molecule has 1 fully saturated rings. The number of rotatable bonds is 5. The van der Waals surface area contributed by atoms with Crippen molar-refractivity contribution in [1.29, 1.82) is 0 Å². The zero-order valence-corrected chi connectivity index (χ0v) is 17.4. The molecule has 1 aromatic carbocycles. The van der Waals surface area contributed by atoms with Crippen LogP contribution in [0.15, 0.2) is 34.1 Å². The second-order valence-electron chi connectivity index (χ2n) is 6.03. The predicted molar refractivity (Wildman–Crippen MR) is 107 cm³/mol. The molecule has 2 aromatic rings. The summed E-state index contributed by atoms with van der Waals surface area (Å²) in [5.74, 6) is -0.144. The minimum absolute atomic E-state index is 0.144. The third kappa shape index (κ3) is 5.10. The predicted octanol–water partition coefficient (Wildman–Crippen LogP) is 2.09. The second kappa shape index (κ2) is 8.13. The van der Waals surface area contributed by atoms with Crippen molar-refractivity contribution in [2.24, 2.45) is 0 Å². The lowest BCUT2D eigenvalue weighted by atomic mass is 10.2. The Kier molecular flexibility index (Phi) is 6.08. The molecule has 0 atom stereocenters. The smallest absolute Gasteiger partial charge is 0.240 e. The van der Waals surface area contributed by atoms with Crippen molar-refractivity contribution >= 4 is 48.3 Å². The highest BCUT2D eigenvalue weighted by molar-refractivity contribution is 9.10. The number of carbonyl (C=O) groups excluding carboxylic acids is 1. The van der Waals surface area contributed by atoms with E-state index in [1.165, 1.54) is 21.9 Å². The summed E-state index contributed by atoms with van der Waals surface area (Å²) < 4.78 is 25.5. The van der Waals surface area contributed by atoms with Gasteiger partial charge in [0.05, 0.1) is 18.5 Å². The average Bonchev–Trinajstić information content (AvgIpc) is 3.03. The van der Waals surface area contributed by atoms with Gasteiger partial charge in [-0.05, 0) is 12.1 Å². The Labute approximate surface area is 165 Å². The van der Waals surface area contributed by atoms with Crippen LogP contribution >= 0.6 is 27.3 Å². The Morgan fingerprint density at radius 3 is 2.50 bits per heavy atom. The van der Waals surface area contributed by atoms with Crippen LogP contribution < -0.4 is 5.32 Å². The number of nitrogens with one attached hydrogen (secondary N) is 1. The average molecular weight is 459 g/mol. The molecule has 0 saturated carbocycles. The molecule has 1 aromatic heterocycles. The number of sulfonamides is 1. The van der Waals surface area contributed by atoms with Gasteiger partial charge >= 0.3 is 0 Å². The van der Waals surface area contributed by atoms with E-state index < -0.39 is 10.0 Å². The first-order valence-electron chi connectivity index (χ1n) is 8.00. The Balaban J connectivity index is 1.52. The molecule has 1 amide bonds. The molecule has 1 aliphatic heterocycles. The molecule has 0 aliphatic carbocycles. The van der Waals surface area contributed by atoms with Crippen LogP contribution in [0.2, 0.25) is 0 Å². The summed E-state index contributed by atoms with van der Waals surface area (Å²) in [5, 5.41) is 5.28. The summed E-state index contributed by atoms with van der Waals surface area (Å²) in [6, 6.07) is 7.82. The van der Waals surface area contributed by atoms with E-state index in [0.29, 0.717) is 31.3 Å². The van der Waals surface area contributed by atoms with Gasteiger partial charge < -0.3 is 5.32 Å². The molecule has 140 valence electrons. The molecular weight excluding hydrogens is 440 g/mol. The largest absolute Gasteiger partial charge is 0.301 e. The quantitative estimate of drug-likeness (QED) is 0.741. The molecule has 3 rings (SSSR count). The Morgan fingerprint density at radius 1 is 1.23 bits per heavy atom. The number of carbonyl (C=O) groups is 1. The van der Waals surface area contributed by atoms with Crippen molar-refractivity contribution in [2.45, 2.75) is 0 Å². The van der Waals surface area contributed by atoms with Gasteiger partial charge in [-0.1, -0.05) is 28.1 Å². The maximum absolute atomic E-state index is 12.2. The third-order valence-corrected chi connectivity index (χ3v) is 6.65. The molecule has 1 saturated heterocycles. The number of halogens is 1. The van der Waals surface area contributed by atoms with Crippen molar-refractivity contribution in [3.8, 4) is 11.3 Å². The zero-order valence-electron chi connectivity index (χ0n) is 14.2. The van der Waals surface area contributed by atoms with Crippen LogP contribution in [0.3, 0.4) is 0 Å². The fourth-order valence-electron chi connectivity index (χ4n) is 2.67. The Bertz CT molecular complexity index is 875. The van der Waals surface area contributed by atoms with Crippen LogP contribution in [0.1, 0.15) is 0 Å². The minimum atomic E-state index is -3.16. The van der Waals surface area contributed by atoms with Gasteiger partial charge in [0.1, 0.15) is 0 Å². The number of thiazole rings is 1. The molecule has 26 heavy (non-hydrogen) atoms. The van der Waals surface area contributed by atoms with Gasteiger partial charge in [0.2, 0.25) is 15.9 Å². The fraction of sp³-hybridized carbons (Fsp3) is 0.375. The molecule has 7 nitrogen and oxygen atoms in total. The molecular formula is C16H19BrN4O3S2. The summed E-state index contributed by atoms with van der Waals surface area (Å²) in [7, 11) is -3.16. The molecule has 1 N–H and O–H groups in total. The SMILES string of the molecule is CS(=O)(=O)N1CCN(CC(=O)Nc2nc(-c3ccc(Br)cc3)cs2)CC1. The number of anilines is 1. The molecule has 1 aliphatic rings. The minimum Gasteiger partial charge on any atom is -0.301 e. The number of hydrogen-bond donors (Lipinski definition) is 1. The molecule has 2 heterocycles. The van der Waals surface area contributed by atoms with Crippen molar-refractivity contribution in [3.63, 3.8) is 0 Å². The van der Waals surface area contributed by atoms with Crippen molar-refractivity contribution in [3.05, 3.63) is 34.1 Å². The summed E-state index contributed by atoms with van der Waals surface area (Å²) in [5.41, 5.74) is 1.81. The monoisotopic (exact) mass is 458 g/mol. The van der Waals surface area contributed by atoms with E-state index in [-0.39, 0.29) is 12.5 Å². The Hall–Kier alpha value is -1.33. The summed E-state index contributed by atoms with van der Waals surface area (Å²) >= 11 is 4.78. The highest BCUT2D eigenvalue weighted by Gasteiger charge is 2.24. The normalized spacial score (nSPS) is 16.5. The number of aromatic nitrogens is 1. The van der Waals surface area contributed by atoms with E-state index in [1.807, 2.05) is 34.5 Å². The van der Waals surface area contributed by atoms with Crippen molar-refractivity contribution < 1.29 is 13.2 Å². The number of hydrogen-bond acceptors (Lipinski definition) is 6. The third-order valence-electron chi connectivity index (χ3n) is 4.06. The molecule has 0 spiro atoms. The number of amides is 1. The first-order valence-corrected chi connectivity index (χ1v) is 11.5. The lowest BCUT2D eigenvalue weighted by Gasteiger charge is -2.32. The van der Waals surface area contributed by atoms with Gasteiger partial charge in [-0.3, -0.25) is 9.69 Å². The lowest BCUT2D eigenvalue weighted by molar-refractivity contribution is -0.117.